The number of aromatic nitrogens is 1. The molecule has 1 aromatic rings. The van der Waals surface area contributed by atoms with Crippen molar-refractivity contribution in [3.8, 4) is 0 Å². The zero-order chi connectivity index (χ0) is 14.0. The molecule has 0 aromatic carbocycles. The SMILES string of the molecule is CCn1cc(S(=O)(=O)NC(C)CC2CC2)cc1CN. The molecule has 1 aliphatic carbocycles. The van der Waals surface area contributed by atoms with Crippen molar-refractivity contribution in [3.63, 3.8) is 0 Å². The molecule has 1 heterocycles. The van der Waals surface area contributed by atoms with Gasteiger partial charge in [-0.2, -0.15) is 0 Å². The van der Waals surface area contributed by atoms with Crippen molar-refractivity contribution >= 4 is 10.0 Å². The van der Waals surface area contributed by atoms with Crippen molar-refractivity contribution in [3.05, 3.63) is 18.0 Å². The molecule has 0 amide bonds. The van der Waals surface area contributed by atoms with Gasteiger partial charge in [0.2, 0.25) is 10.0 Å². The Morgan fingerprint density at radius 2 is 2.21 bits per heavy atom. The van der Waals surface area contributed by atoms with E-state index in [2.05, 4.69) is 4.72 Å². The van der Waals surface area contributed by atoms with E-state index in [4.69, 9.17) is 5.73 Å². The van der Waals surface area contributed by atoms with Gasteiger partial charge in [0, 0.05) is 31.0 Å². The van der Waals surface area contributed by atoms with Crippen LogP contribution in [0.15, 0.2) is 17.2 Å². The van der Waals surface area contributed by atoms with Crippen LogP contribution < -0.4 is 10.5 Å². The van der Waals surface area contributed by atoms with Gasteiger partial charge in [0.05, 0.1) is 4.90 Å². The van der Waals surface area contributed by atoms with Crippen molar-refractivity contribution < 1.29 is 8.42 Å². The van der Waals surface area contributed by atoms with E-state index in [0.29, 0.717) is 17.4 Å². The van der Waals surface area contributed by atoms with Gasteiger partial charge in [-0.25, -0.2) is 13.1 Å². The Labute approximate surface area is 115 Å². The Morgan fingerprint density at radius 1 is 1.53 bits per heavy atom. The number of hydrogen-bond acceptors (Lipinski definition) is 3. The van der Waals surface area contributed by atoms with Crippen molar-refractivity contribution in [1.82, 2.24) is 9.29 Å². The average molecular weight is 285 g/mol. The molecule has 0 aliphatic heterocycles. The second-order valence-electron chi connectivity index (χ2n) is 5.36. The fourth-order valence-corrected chi connectivity index (χ4v) is 3.69. The molecule has 1 atom stereocenters. The molecule has 19 heavy (non-hydrogen) atoms. The first-order valence-corrected chi connectivity index (χ1v) is 8.36. The predicted octanol–water partition coefficient (Wildman–Crippen LogP) is 1.43. The lowest BCUT2D eigenvalue weighted by Crippen LogP contribution is -2.32. The second kappa shape index (κ2) is 5.64. The lowest BCUT2D eigenvalue weighted by molar-refractivity contribution is 0.529. The molecule has 1 aromatic heterocycles. The van der Waals surface area contributed by atoms with Crippen molar-refractivity contribution in [2.24, 2.45) is 11.7 Å². The number of hydrogen-bond donors (Lipinski definition) is 2. The van der Waals surface area contributed by atoms with Crippen molar-refractivity contribution in [2.75, 3.05) is 0 Å². The van der Waals surface area contributed by atoms with E-state index in [9.17, 15) is 8.42 Å². The van der Waals surface area contributed by atoms with Crippen LogP contribution in [0, 0.1) is 5.92 Å². The standard InChI is InChI=1S/C13H23N3O2S/c1-3-16-9-13(7-12(16)8-14)19(17,18)15-10(2)6-11-4-5-11/h7,9-11,15H,3-6,8,14H2,1-2H3. The Kier molecular flexibility index (Phi) is 4.32. The highest BCUT2D eigenvalue weighted by Gasteiger charge is 2.26. The van der Waals surface area contributed by atoms with Crippen molar-refractivity contribution in [1.29, 1.82) is 0 Å². The summed E-state index contributed by atoms with van der Waals surface area (Å²) in [5, 5.41) is 0. The van der Waals surface area contributed by atoms with Gasteiger partial charge in [0.15, 0.2) is 0 Å². The maximum Gasteiger partial charge on any atom is 0.242 e. The van der Waals surface area contributed by atoms with E-state index >= 15 is 0 Å². The molecule has 1 saturated carbocycles. The minimum atomic E-state index is -3.43. The summed E-state index contributed by atoms with van der Waals surface area (Å²) in [5.41, 5.74) is 6.47. The molecular formula is C13H23N3O2S. The smallest absolute Gasteiger partial charge is 0.242 e. The molecule has 108 valence electrons. The number of nitrogens with two attached hydrogens (primary N) is 1. The third kappa shape index (κ3) is 3.58. The predicted molar refractivity (Wildman–Crippen MR) is 75.1 cm³/mol. The summed E-state index contributed by atoms with van der Waals surface area (Å²) in [6, 6.07) is 1.65. The summed E-state index contributed by atoms with van der Waals surface area (Å²) < 4.78 is 29.2. The largest absolute Gasteiger partial charge is 0.349 e. The van der Waals surface area contributed by atoms with Crippen LogP contribution in [0.5, 0.6) is 0 Å². The Bertz CT molecular complexity index is 511. The van der Waals surface area contributed by atoms with Crippen LogP contribution in [0.1, 0.15) is 38.8 Å². The molecule has 3 N–H and O–H groups in total. The average Bonchev–Trinajstić information content (AvgIpc) is 3.03. The van der Waals surface area contributed by atoms with Gasteiger partial charge in [-0.1, -0.05) is 12.8 Å². The van der Waals surface area contributed by atoms with Gasteiger partial charge in [0.1, 0.15) is 0 Å². The summed E-state index contributed by atoms with van der Waals surface area (Å²) >= 11 is 0. The minimum Gasteiger partial charge on any atom is -0.349 e. The molecule has 1 fully saturated rings. The van der Waals surface area contributed by atoms with E-state index < -0.39 is 10.0 Å². The highest BCUT2D eigenvalue weighted by Crippen LogP contribution is 2.33. The maximum atomic E-state index is 12.3. The lowest BCUT2D eigenvalue weighted by Gasteiger charge is -2.12. The Balaban J connectivity index is 2.11. The summed E-state index contributed by atoms with van der Waals surface area (Å²) in [6.07, 6.45) is 5.05. The number of nitrogens with zero attached hydrogens (tertiary/aromatic N) is 1. The van der Waals surface area contributed by atoms with Gasteiger partial charge >= 0.3 is 0 Å². The number of nitrogens with one attached hydrogen (secondary N) is 1. The van der Waals surface area contributed by atoms with E-state index in [1.807, 2.05) is 18.4 Å². The Morgan fingerprint density at radius 3 is 2.68 bits per heavy atom. The van der Waals surface area contributed by atoms with Crippen LogP contribution in [-0.4, -0.2) is 19.0 Å². The summed E-state index contributed by atoms with van der Waals surface area (Å²) in [5.74, 6) is 0.706. The zero-order valence-corrected chi connectivity index (χ0v) is 12.4. The molecule has 0 spiro atoms. The van der Waals surface area contributed by atoms with E-state index in [1.165, 1.54) is 12.8 Å². The first-order chi connectivity index (χ1) is 8.96. The van der Waals surface area contributed by atoms with Crippen molar-refractivity contribution in [2.45, 2.75) is 57.1 Å². The van der Waals surface area contributed by atoms with Crippen LogP contribution >= 0.6 is 0 Å². The molecule has 0 radical (unpaired) electrons. The molecule has 1 unspecified atom stereocenters. The minimum absolute atomic E-state index is 0.0104. The van der Waals surface area contributed by atoms with E-state index in [-0.39, 0.29) is 6.04 Å². The topological polar surface area (TPSA) is 77.1 Å². The van der Waals surface area contributed by atoms with E-state index in [0.717, 1.165) is 18.7 Å². The molecular weight excluding hydrogens is 262 g/mol. The normalized spacial score (nSPS) is 17.6. The van der Waals surface area contributed by atoms with Gasteiger partial charge in [0.25, 0.3) is 0 Å². The van der Waals surface area contributed by atoms with Gasteiger partial charge in [-0.05, 0) is 32.3 Å². The maximum absolute atomic E-state index is 12.3. The first kappa shape index (κ1) is 14.6. The molecule has 0 saturated heterocycles. The van der Waals surface area contributed by atoms with Crippen LogP contribution in [0.3, 0.4) is 0 Å². The lowest BCUT2D eigenvalue weighted by atomic mass is 10.2. The highest BCUT2D eigenvalue weighted by atomic mass is 32.2. The molecule has 6 heteroatoms. The number of aryl methyl sites for hydroxylation is 1. The Hall–Kier alpha value is -0.850. The van der Waals surface area contributed by atoms with Gasteiger partial charge in [-0.15, -0.1) is 0 Å². The highest BCUT2D eigenvalue weighted by molar-refractivity contribution is 7.89. The first-order valence-electron chi connectivity index (χ1n) is 6.87. The number of rotatable bonds is 7. The molecule has 1 aliphatic rings. The number of sulfonamides is 1. The third-order valence-corrected chi connectivity index (χ3v) is 5.12. The summed E-state index contributed by atoms with van der Waals surface area (Å²) in [6.45, 7) is 4.97. The fourth-order valence-electron chi connectivity index (χ4n) is 2.37. The molecule has 0 bridgehead atoms. The van der Waals surface area contributed by atoms with Gasteiger partial charge < -0.3 is 10.3 Å². The van der Waals surface area contributed by atoms with Gasteiger partial charge in [-0.3, -0.25) is 0 Å². The van der Waals surface area contributed by atoms with E-state index in [1.54, 1.807) is 12.3 Å². The monoisotopic (exact) mass is 285 g/mol. The summed E-state index contributed by atoms with van der Waals surface area (Å²) in [7, 11) is -3.43. The van der Waals surface area contributed by atoms with Crippen LogP contribution in [0.25, 0.3) is 0 Å². The second-order valence-corrected chi connectivity index (χ2v) is 7.07. The fraction of sp³-hybridized carbons (Fsp3) is 0.692. The van der Waals surface area contributed by atoms with Crippen LogP contribution in [-0.2, 0) is 23.1 Å². The zero-order valence-electron chi connectivity index (χ0n) is 11.6. The molecule has 5 nitrogen and oxygen atoms in total. The van der Waals surface area contributed by atoms with Crippen LogP contribution in [0.4, 0.5) is 0 Å². The third-order valence-electron chi connectivity index (χ3n) is 3.56. The quantitative estimate of drug-likeness (QED) is 0.795. The summed E-state index contributed by atoms with van der Waals surface area (Å²) in [4.78, 5) is 0.317. The van der Waals surface area contributed by atoms with Crippen LogP contribution in [0.2, 0.25) is 0 Å². The molecule has 2 rings (SSSR count).